The Hall–Kier alpha value is -1.78. The lowest BCUT2D eigenvalue weighted by Crippen LogP contribution is -2.47. The maximum atomic E-state index is 11.6. The summed E-state index contributed by atoms with van der Waals surface area (Å²) in [5.41, 5.74) is 7.74. The lowest BCUT2D eigenvalue weighted by atomic mass is 9.93. The van der Waals surface area contributed by atoms with Gasteiger partial charge in [0.1, 0.15) is 5.54 Å². The van der Waals surface area contributed by atoms with Crippen molar-refractivity contribution in [3.63, 3.8) is 0 Å². The van der Waals surface area contributed by atoms with Gasteiger partial charge in [-0.25, -0.2) is 4.79 Å². The van der Waals surface area contributed by atoms with Gasteiger partial charge in [-0.15, -0.1) is 11.8 Å². The summed E-state index contributed by atoms with van der Waals surface area (Å²) in [5.74, 6) is -0.720. The average Bonchev–Trinajstić information content (AvgIpc) is 2.46. The molecule has 0 fully saturated rings. The van der Waals surface area contributed by atoms with Crippen molar-refractivity contribution in [2.45, 2.75) is 24.3 Å². The molecule has 21 heavy (non-hydrogen) atoms. The zero-order valence-corrected chi connectivity index (χ0v) is 13.0. The van der Waals surface area contributed by atoms with Crippen LogP contribution in [0.25, 0.3) is 0 Å². The van der Waals surface area contributed by atoms with Crippen molar-refractivity contribution < 1.29 is 9.90 Å². The Bertz CT molecular complexity index is 642. The molecular formula is C17H19NO2S. The fourth-order valence-electron chi connectivity index (χ4n) is 2.16. The molecule has 4 heteroatoms. The number of rotatable bonds is 5. The third-order valence-corrected chi connectivity index (χ3v) is 4.83. The Morgan fingerprint density at radius 3 is 2.43 bits per heavy atom. The van der Waals surface area contributed by atoms with Gasteiger partial charge in [-0.1, -0.05) is 48.0 Å². The van der Waals surface area contributed by atoms with Crippen molar-refractivity contribution in [2.75, 3.05) is 5.75 Å². The molecule has 2 aromatic carbocycles. The van der Waals surface area contributed by atoms with Gasteiger partial charge in [0.05, 0.1) is 0 Å². The van der Waals surface area contributed by atoms with Crippen LogP contribution in [-0.4, -0.2) is 16.8 Å². The SMILES string of the molecule is Cc1ccc(SCC(N)(C(=O)O)c2ccccc2)c(C)c1. The van der Waals surface area contributed by atoms with E-state index >= 15 is 0 Å². The molecule has 110 valence electrons. The van der Waals surface area contributed by atoms with E-state index in [1.165, 1.54) is 17.3 Å². The molecule has 0 heterocycles. The number of carboxylic acids is 1. The van der Waals surface area contributed by atoms with Gasteiger partial charge in [0.2, 0.25) is 0 Å². The topological polar surface area (TPSA) is 63.3 Å². The summed E-state index contributed by atoms with van der Waals surface area (Å²) in [5, 5.41) is 9.54. The van der Waals surface area contributed by atoms with Gasteiger partial charge in [-0.05, 0) is 31.0 Å². The van der Waals surface area contributed by atoms with Crippen molar-refractivity contribution in [1.82, 2.24) is 0 Å². The number of aliphatic carboxylic acids is 1. The van der Waals surface area contributed by atoms with Crippen molar-refractivity contribution in [3.8, 4) is 0 Å². The molecule has 3 nitrogen and oxygen atoms in total. The largest absolute Gasteiger partial charge is 0.480 e. The molecule has 2 rings (SSSR count). The fraction of sp³-hybridized carbons (Fsp3) is 0.235. The van der Waals surface area contributed by atoms with Crippen LogP contribution >= 0.6 is 11.8 Å². The Kier molecular flexibility index (Phi) is 4.70. The monoisotopic (exact) mass is 301 g/mol. The molecule has 2 aromatic rings. The zero-order chi connectivity index (χ0) is 15.5. The van der Waals surface area contributed by atoms with Crippen LogP contribution in [0, 0.1) is 13.8 Å². The second-order valence-corrected chi connectivity index (χ2v) is 6.22. The summed E-state index contributed by atoms with van der Waals surface area (Å²) >= 11 is 1.48. The van der Waals surface area contributed by atoms with E-state index in [-0.39, 0.29) is 5.75 Å². The van der Waals surface area contributed by atoms with E-state index in [4.69, 9.17) is 5.73 Å². The summed E-state index contributed by atoms with van der Waals surface area (Å²) in [6.07, 6.45) is 0. The van der Waals surface area contributed by atoms with Crippen LogP contribution in [0.4, 0.5) is 0 Å². The number of aryl methyl sites for hydroxylation is 2. The first kappa shape index (κ1) is 15.6. The smallest absolute Gasteiger partial charge is 0.329 e. The number of thioether (sulfide) groups is 1. The molecule has 0 spiro atoms. The molecule has 0 amide bonds. The lowest BCUT2D eigenvalue weighted by molar-refractivity contribution is -0.142. The summed E-state index contributed by atoms with van der Waals surface area (Å²) in [6.45, 7) is 4.06. The number of carbonyl (C=O) groups is 1. The maximum absolute atomic E-state index is 11.6. The normalized spacial score (nSPS) is 13.7. The fourth-order valence-corrected chi connectivity index (χ4v) is 3.28. The predicted octanol–water partition coefficient (Wildman–Crippen LogP) is 3.33. The summed E-state index contributed by atoms with van der Waals surface area (Å²) in [6, 6.07) is 15.1. The highest BCUT2D eigenvalue weighted by Crippen LogP contribution is 2.30. The van der Waals surface area contributed by atoms with E-state index in [0.29, 0.717) is 5.56 Å². The predicted molar refractivity (Wildman–Crippen MR) is 86.6 cm³/mol. The van der Waals surface area contributed by atoms with Gasteiger partial charge in [0.25, 0.3) is 0 Å². The van der Waals surface area contributed by atoms with E-state index in [1.807, 2.05) is 44.2 Å². The minimum atomic E-state index is -1.39. The lowest BCUT2D eigenvalue weighted by Gasteiger charge is -2.25. The number of hydrogen-bond donors (Lipinski definition) is 2. The molecular weight excluding hydrogens is 282 g/mol. The average molecular weight is 301 g/mol. The number of carboxylic acid groups (broad SMARTS) is 1. The minimum Gasteiger partial charge on any atom is -0.480 e. The Balaban J connectivity index is 2.23. The second-order valence-electron chi connectivity index (χ2n) is 5.20. The second kappa shape index (κ2) is 6.33. The van der Waals surface area contributed by atoms with Crippen molar-refractivity contribution in [2.24, 2.45) is 5.73 Å². The van der Waals surface area contributed by atoms with E-state index in [9.17, 15) is 9.90 Å². The quantitative estimate of drug-likeness (QED) is 0.831. The van der Waals surface area contributed by atoms with Crippen LogP contribution in [0.1, 0.15) is 16.7 Å². The first-order valence-corrected chi connectivity index (χ1v) is 7.70. The van der Waals surface area contributed by atoms with Crippen LogP contribution < -0.4 is 5.73 Å². The highest BCUT2D eigenvalue weighted by molar-refractivity contribution is 7.99. The molecule has 0 bridgehead atoms. The summed E-state index contributed by atoms with van der Waals surface area (Å²) < 4.78 is 0. The highest BCUT2D eigenvalue weighted by atomic mass is 32.2. The van der Waals surface area contributed by atoms with Crippen LogP contribution in [0.3, 0.4) is 0 Å². The van der Waals surface area contributed by atoms with Gasteiger partial charge in [-0.2, -0.15) is 0 Å². The molecule has 0 aliphatic heterocycles. The van der Waals surface area contributed by atoms with Crippen molar-refractivity contribution in [3.05, 3.63) is 65.2 Å². The summed E-state index contributed by atoms with van der Waals surface area (Å²) in [4.78, 5) is 12.7. The molecule has 3 N–H and O–H groups in total. The van der Waals surface area contributed by atoms with Crippen LogP contribution in [0.5, 0.6) is 0 Å². The molecule has 0 aromatic heterocycles. The van der Waals surface area contributed by atoms with Crippen LogP contribution in [0.2, 0.25) is 0 Å². The zero-order valence-electron chi connectivity index (χ0n) is 12.2. The van der Waals surface area contributed by atoms with E-state index in [1.54, 1.807) is 12.1 Å². The van der Waals surface area contributed by atoms with Gasteiger partial charge in [0, 0.05) is 10.6 Å². The van der Waals surface area contributed by atoms with Gasteiger partial charge >= 0.3 is 5.97 Å². The molecule has 0 saturated carbocycles. The van der Waals surface area contributed by atoms with Gasteiger partial charge in [0.15, 0.2) is 0 Å². The highest BCUT2D eigenvalue weighted by Gasteiger charge is 2.36. The molecule has 0 aliphatic rings. The molecule has 0 aliphatic carbocycles. The Morgan fingerprint density at radius 1 is 1.19 bits per heavy atom. The van der Waals surface area contributed by atoms with Crippen molar-refractivity contribution >= 4 is 17.7 Å². The molecule has 1 unspecified atom stereocenters. The third-order valence-electron chi connectivity index (χ3n) is 3.46. The molecule has 1 atom stereocenters. The van der Waals surface area contributed by atoms with E-state index in [2.05, 4.69) is 6.07 Å². The first-order valence-electron chi connectivity index (χ1n) is 6.71. The first-order chi connectivity index (χ1) is 9.93. The van der Waals surface area contributed by atoms with Crippen LogP contribution in [-0.2, 0) is 10.3 Å². The van der Waals surface area contributed by atoms with Gasteiger partial charge in [-0.3, -0.25) is 0 Å². The molecule has 0 radical (unpaired) electrons. The van der Waals surface area contributed by atoms with E-state index < -0.39 is 11.5 Å². The van der Waals surface area contributed by atoms with Gasteiger partial charge < -0.3 is 10.8 Å². The Labute approximate surface area is 129 Å². The maximum Gasteiger partial charge on any atom is 0.329 e. The molecule has 0 saturated heterocycles. The number of nitrogens with two attached hydrogens (primary N) is 1. The third kappa shape index (κ3) is 3.46. The van der Waals surface area contributed by atoms with E-state index in [0.717, 1.165) is 10.5 Å². The summed E-state index contributed by atoms with van der Waals surface area (Å²) in [7, 11) is 0. The Morgan fingerprint density at radius 2 is 1.86 bits per heavy atom. The van der Waals surface area contributed by atoms with Crippen LogP contribution in [0.15, 0.2) is 53.4 Å². The number of hydrogen-bond acceptors (Lipinski definition) is 3. The number of benzene rings is 2. The minimum absolute atomic E-state index is 0.288. The standard InChI is InChI=1S/C17H19NO2S/c1-12-8-9-15(13(2)10-12)21-11-17(18,16(19)20)14-6-4-3-5-7-14/h3-10H,11,18H2,1-2H3,(H,19,20). The van der Waals surface area contributed by atoms with Crippen molar-refractivity contribution in [1.29, 1.82) is 0 Å².